The van der Waals surface area contributed by atoms with Gasteiger partial charge in [-0.15, -0.1) is 0 Å². The molecule has 0 radical (unpaired) electrons. The number of hydrogen-bond donors (Lipinski definition) is 0. The highest BCUT2D eigenvalue weighted by Crippen LogP contribution is 2.36. The molecule has 0 bridgehead atoms. The normalized spacial score (nSPS) is 10.9. The summed E-state index contributed by atoms with van der Waals surface area (Å²) in [6.07, 6.45) is 0.335. The Labute approximate surface area is 183 Å². The average molecular weight is 481 g/mol. The van der Waals surface area contributed by atoms with Crippen molar-refractivity contribution in [3.8, 4) is 0 Å². The molecule has 0 saturated carbocycles. The topological polar surface area (TPSA) is 121 Å². The number of nitro groups is 2. The quantitative estimate of drug-likeness (QED) is 0.296. The van der Waals surface area contributed by atoms with E-state index in [0.29, 0.717) is 23.3 Å². The molecule has 3 aromatic carbocycles. The maximum atomic E-state index is 13.5. The molecule has 0 amide bonds. The van der Waals surface area contributed by atoms with Gasteiger partial charge in [0.05, 0.1) is 26.4 Å². The Morgan fingerprint density at radius 3 is 2.13 bits per heavy atom. The Morgan fingerprint density at radius 2 is 1.52 bits per heavy atom. The highest BCUT2D eigenvalue weighted by molar-refractivity contribution is 9.10. The van der Waals surface area contributed by atoms with E-state index in [9.17, 15) is 25.0 Å². The van der Waals surface area contributed by atoms with Crippen molar-refractivity contribution in [2.24, 2.45) is 0 Å². The summed E-state index contributed by atoms with van der Waals surface area (Å²) in [5.41, 5.74) is 0.686. The summed E-state index contributed by atoms with van der Waals surface area (Å²) in [7, 11) is 0. The summed E-state index contributed by atoms with van der Waals surface area (Å²) in [5.74, 6) is -0.219. The number of halogens is 1. The van der Waals surface area contributed by atoms with Crippen LogP contribution in [0.25, 0.3) is 11.0 Å². The SMILES string of the molecule is O=C(c1cc([N+](=O)[O-])c(Br)c([N+](=O)[O-])c1)n1c(Cc2ccccc2)nc2ccccc21. The molecule has 154 valence electrons. The molecule has 0 N–H and O–H groups in total. The van der Waals surface area contributed by atoms with Gasteiger partial charge in [-0.2, -0.15) is 0 Å². The first-order valence-electron chi connectivity index (χ1n) is 9.04. The van der Waals surface area contributed by atoms with Crippen molar-refractivity contribution in [2.45, 2.75) is 6.42 Å². The van der Waals surface area contributed by atoms with Crippen LogP contribution in [0.4, 0.5) is 11.4 Å². The van der Waals surface area contributed by atoms with E-state index in [4.69, 9.17) is 0 Å². The molecule has 0 unspecified atom stereocenters. The predicted octanol–water partition coefficient (Wildman–Crippen LogP) is 4.89. The minimum absolute atomic E-state index is 0.181. The lowest BCUT2D eigenvalue weighted by Crippen LogP contribution is -2.16. The summed E-state index contributed by atoms with van der Waals surface area (Å²) < 4.78 is 1.05. The number of para-hydroxylation sites is 2. The van der Waals surface area contributed by atoms with Crippen LogP contribution in [0.3, 0.4) is 0 Å². The summed E-state index contributed by atoms with van der Waals surface area (Å²) in [6.45, 7) is 0. The lowest BCUT2D eigenvalue weighted by molar-refractivity contribution is -0.395. The number of nitro benzene ring substituents is 2. The van der Waals surface area contributed by atoms with Crippen LogP contribution in [-0.4, -0.2) is 25.3 Å². The van der Waals surface area contributed by atoms with E-state index in [1.165, 1.54) is 4.57 Å². The molecular weight excluding hydrogens is 468 g/mol. The molecule has 4 rings (SSSR count). The van der Waals surface area contributed by atoms with Crippen LogP contribution in [0, 0.1) is 20.2 Å². The fraction of sp³-hybridized carbons (Fsp3) is 0.0476. The molecule has 10 heteroatoms. The maximum Gasteiger partial charge on any atom is 0.291 e. The predicted molar refractivity (Wildman–Crippen MR) is 116 cm³/mol. The first-order chi connectivity index (χ1) is 14.9. The lowest BCUT2D eigenvalue weighted by Gasteiger charge is -2.09. The third-order valence-electron chi connectivity index (χ3n) is 4.71. The number of aromatic nitrogens is 2. The van der Waals surface area contributed by atoms with E-state index in [2.05, 4.69) is 20.9 Å². The molecule has 0 aliphatic rings. The van der Waals surface area contributed by atoms with Crippen LogP contribution in [0.1, 0.15) is 21.7 Å². The van der Waals surface area contributed by atoms with E-state index in [0.717, 1.165) is 17.7 Å². The van der Waals surface area contributed by atoms with Gasteiger partial charge in [-0.1, -0.05) is 42.5 Å². The Hall–Kier alpha value is -3.92. The summed E-state index contributed by atoms with van der Waals surface area (Å²) >= 11 is 2.90. The van der Waals surface area contributed by atoms with Crippen LogP contribution in [0.2, 0.25) is 0 Å². The second-order valence-electron chi connectivity index (χ2n) is 6.66. The number of fused-ring (bicyclic) bond motifs is 1. The Kier molecular flexibility index (Phi) is 5.30. The minimum atomic E-state index is -0.773. The van der Waals surface area contributed by atoms with E-state index >= 15 is 0 Å². The van der Waals surface area contributed by atoms with Gasteiger partial charge in [0.1, 0.15) is 5.82 Å². The van der Waals surface area contributed by atoms with E-state index in [1.807, 2.05) is 30.3 Å². The van der Waals surface area contributed by atoms with E-state index < -0.39 is 27.1 Å². The highest BCUT2D eigenvalue weighted by atomic mass is 79.9. The van der Waals surface area contributed by atoms with Gasteiger partial charge in [0.15, 0.2) is 4.47 Å². The molecule has 31 heavy (non-hydrogen) atoms. The van der Waals surface area contributed by atoms with Crippen LogP contribution >= 0.6 is 15.9 Å². The van der Waals surface area contributed by atoms with Gasteiger partial charge in [0, 0.05) is 18.6 Å². The minimum Gasteiger partial charge on any atom is -0.268 e. The molecule has 9 nitrogen and oxygen atoms in total. The Bertz CT molecular complexity index is 1320. The second-order valence-corrected chi connectivity index (χ2v) is 7.46. The van der Waals surface area contributed by atoms with Gasteiger partial charge in [-0.05, 0) is 33.6 Å². The first-order valence-corrected chi connectivity index (χ1v) is 9.83. The molecular formula is C21H13BrN4O5. The fourth-order valence-corrected chi connectivity index (χ4v) is 3.83. The monoisotopic (exact) mass is 480 g/mol. The van der Waals surface area contributed by atoms with E-state index in [-0.39, 0.29) is 10.0 Å². The number of benzene rings is 3. The number of nitrogens with zero attached hydrogens (tertiary/aromatic N) is 4. The Balaban J connectivity index is 1.91. The van der Waals surface area contributed by atoms with Crippen molar-refractivity contribution in [3.05, 3.63) is 108 Å². The molecule has 4 aromatic rings. The zero-order chi connectivity index (χ0) is 22.1. The molecule has 0 aliphatic carbocycles. The number of hydrogen-bond acceptors (Lipinski definition) is 6. The molecule has 0 aliphatic heterocycles. The largest absolute Gasteiger partial charge is 0.291 e. The molecule has 0 spiro atoms. The number of rotatable bonds is 5. The number of imidazole rings is 1. The summed E-state index contributed by atoms with van der Waals surface area (Å²) in [5, 5.41) is 22.8. The van der Waals surface area contributed by atoms with Crippen molar-refractivity contribution >= 4 is 44.2 Å². The molecule has 0 atom stereocenters. The standard InChI is InChI=1S/C21H13BrN4O5/c22-20-17(25(28)29)11-14(12-18(20)26(30)31)21(27)24-16-9-5-4-8-15(16)23-19(24)10-13-6-2-1-3-7-13/h1-9,11-12H,10H2. The van der Waals surface area contributed by atoms with Gasteiger partial charge < -0.3 is 0 Å². The Morgan fingerprint density at radius 1 is 0.935 bits per heavy atom. The van der Waals surface area contributed by atoms with Crippen LogP contribution in [0.5, 0.6) is 0 Å². The van der Waals surface area contributed by atoms with Crippen molar-refractivity contribution < 1.29 is 14.6 Å². The average Bonchev–Trinajstić information content (AvgIpc) is 3.11. The number of carbonyl (C=O) groups excluding carboxylic acids is 1. The molecule has 1 heterocycles. The van der Waals surface area contributed by atoms with Crippen molar-refractivity contribution in [1.29, 1.82) is 0 Å². The zero-order valence-corrected chi connectivity index (χ0v) is 17.4. The fourth-order valence-electron chi connectivity index (χ4n) is 3.31. The van der Waals surface area contributed by atoms with Gasteiger partial charge in [0.2, 0.25) is 0 Å². The lowest BCUT2D eigenvalue weighted by atomic mass is 10.1. The second kappa shape index (κ2) is 8.07. The van der Waals surface area contributed by atoms with Crippen molar-refractivity contribution in [2.75, 3.05) is 0 Å². The van der Waals surface area contributed by atoms with Crippen molar-refractivity contribution in [1.82, 2.24) is 9.55 Å². The first kappa shape index (κ1) is 20.4. The van der Waals surface area contributed by atoms with Crippen LogP contribution in [-0.2, 0) is 6.42 Å². The van der Waals surface area contributed by atoms with Crippen LogP contribution < -0.4 is 0 Å². The van der Waals surface area contributed by atoms with Crippen molar-refractivity contribution in [3.63, 3.8) is 0 Å². The molecule has 0 fully saturated rings. The number of carbonyl (C=O) groups is 1. The molecule has 0 saturated heterocycles. The third-order valence-corrected chi connectivity index (χ3v) is 5.53. The van der Waals surface area contributed by atoms with E-state index in [1.54, 1.807) is 24.3 Å². The van der Waals surface area contributed by atoms with Gasteiger partial charge >= 0.3 is 0 Å². The zero-order valence-electron chi connectivity index (χ0n) is 15.8. The summed E-state index contributed by atoms with van der Waals surface area (Å²) in [6, 6.07) is 18.4. The smallest absolute Gasteiger partial charge is 0.268 e. The maximum absolute atomic E-state index is 13.5. The van der Waals surface area contributed by atoms with Gasteiger partial charge in [-0.25, -0.2) is 4.98 Å². The summed E-state index contributed by atoms with van der Waals surface area (Å²) in [4.78, 5) is 39.3. The third kappa shape index (κ3) is 3.80. The van der Waals surface area contributed by atoms with Crippen LogP contribution in [0.15, 0.2) is 71.2 Å². The highest BCUT2D eigenvalue weighted by Gasteiger charge is 2.28. The molecule has 1 aromatic heterocycles. The van der Waals surface area contributed by atoms with Gasteiger partial charge in [-0.3, -0.25) is 29.6 Å². The van der Waals surface area contributed by atoms with Gasteiger partial charge in [0.25, 0.3) is 17.3 Å².